The Morgan fingerprint density at radius 1 is 1.19 bits per heavy atom. The Balaban J connectivity index is 2.00. The minimum atomic E-state index is -0.662. The lowest BCUT2D eigenvalue weighted by molar-refractivity contribution is -0.148. The molecule has 3 heteroatoms. The third-order valence-corrected chi connectivity index (χ3v) is 3.61. The number of rotatable bonds is 9. The van der Waals surface area contributed by atoms with Crippen molar-refractivity contribution in [1.82, 2.24) is 5.32 Å². The number of hydrogen-bond acceptors (Lipinski definition) is 2. The molecular weight excluding hydrogens is 202 g/mol. The second-order valence-electron chi connectivity index (χ2n) is 4.94. The molecule has 1 rings (SSSR count). The highest BCUT2D eigenvalue weighted by Gasteiger charge is 2.43. The van der Waals surface area contributed by atoms with Crippen LogP contribution in [0.4, 0.5) is 0 Å². The van der Waals surface area contributed by atoms with Gasteiger partial charge < -0.3 is 10.4 Å². The van der Waals surface area contributed by atoms with Gasteiger partial charge in [-0.1, -0.05) is 39.0 Å². The van der Waals surface area contributed by atoms with Gasteiger partial charge in [-0.3, -0.25) is 4.79 Å². The van der Waals surface area contributed by atoms with Crippen LogP contribution in [0.3, 0.4) is 0 Å². The van der Waals surface area contributed by atoms with E-state index < -0.39 is 11.5 Å². The molecule has 0 atom stereocenters. The predicted molar refractivity (Wildman–Crippen MR) is 65.6 cm³/mol. The Bertz CT molecular complexity index is 212. The first-order chi connectivity index (χ1) is 7.71. The van der Waals surface area contributed by atoms with Gasteiger partial charge in [-0.15, -0.1) is 0 Å². The summed E-state index contributed by atoms with van der Waals surface area (Å²) in [6.07, 6.45) is 10.2. The zero-order valence-corrected chi connectivity index (χ0v) is 10.4. The van der Waals surface area contributed by atoms with E-state index in [1.54, 1.807) is 0 Å². The molecule has 0 amide bonds. The normalized spacial score (nSPS) is 18.1. The fourth-order valence-electron chi connectivity index (χ4n) is 2.23. The highest BCUT2D eigenvalue weighted by atomic mass is 16.4. The topological polar surface area (TPSA) is 49.3 Å². The summed E-state index contributed by atoms with van der Waals surface area (Å²) in [5.41, 5.74) is -0.566. The SMILES string of the molecule is CCCCCCCCNC1(C(=O)O)CCC1. The molecule has 0 aromatic carbocycles. The van der Waals surface area contributed by atoms with Gasteiger partial charge >= 0.3 is 5.97 Å². The average Bonchev–Trinajstić information content (AvgIpc) is 2.19. The number of unbranched alkanes of at least 4 members (excludes halogenated alkanes) is 5. The minimum Gasteiger partial charge on any atom is -0.480 e. The van der Waals surface area contributed by atoms with E-state index in [1.807, 2.05) is 0 Å². The molecule has 0 aromatic rings. The monoisotopic (exact) mass is 227 g/mol. The highest BCUT2D eigenvalue weighted by Crippen LogP contribution is 2.31. The summed E-state index contributed by atoms with van der Waals surface area (Å²) in [6.45, 7) is 3.08. The molecule has 0 heterocycles. The number of hydrogen-bond donors (Lipinski definition) is 2. The van der Waals surface area contributed by atoms with Gasteiger partial charge in [-0.05, 0) is 32.2 Å². The molecule has 94 valence electrons. The van der Waals surface area contributed by atoms with E-state index in [1.165, 1.54) is 32.1 Å². The Labute approximate surface area is 98.6 Å². The van der Waals surface area contributed by atoms with Crippen molar-refractivity contribution in [2.24, 2.45) is 0 Å². The molecule has 16 heavy (non-hydrogen) atoms. The molecule has 2 N–H and O–H groups in total. The van der Waals surface area contributed by atoms with Crippen LogP contribution < -0.4 is 5.32 Å². The summed E-state index contributed by atoms with van der Waals surface area (Å²) >= 11 is 0. The van der Waals surface area contributed by atoms with E-state index in [-0.39, 0.29) is 0 Å². The molecular formula is C13H25NO2. The maximum atomic E-state index is 11.0. The van der Waals surface area contributed by atoms with E-state index in [0.717, 1.165) is 32.2 Å². The van der Waals surface area contributed by atoms with Crippen LogP contribution in [0, 0.1) is 0 Å². The van der Waals surface area contributed by atoms with Crippen molar-refractivity contribution in [2.75, 3.05) is 6.54 Å². The second kappa shape index (κ2) is 6.89. The standard InChI is InChI=1S/C13H25NO2/c1-2-3-4-5-6-7-11-14-13(12(15)16)9-8-10-13/h14H,2-11H2,1H3,(H,15,16). The first-order valence-electron chi connectivity index (χ1n) is 6.70. The van der Waals surface area contributed by atoms with E-state index in [4.69, 9.17) is 5.11 Å². The molecule has 0 radical (unpaired) electrons. The van der Waals surface area contributed by atoms with Gasteiger partial charge in [0.25, 0.3) is 0 Å². The lowest BCUT2D eigenvalue weighted by Gasteiger charge is -2.38. The van der Waals surface area contributed by atoms with Crippen molar-refractivity contribution in [2.45, 2.75) is 70.3 Å². The number of carboxylic acid groups (broad SMARTS) is 1. The molecule has 1 saturated carbocycles. The van der Waals surface area contributed by atoms with Crippen molar-refractivity contribution in [1.29, 1.82) is 0 Å². The van der Waals surface area contributed by atoms with Crippen LogP contribution in [0.1, 0.15) is 64.7 Å². The molecule has 0 unspecified atom stereocenters. The summed E-state index contributed by atoms with van der Waals surface area (Å²) in [5.74, 6) is -0.662. The second-order valence-corrected chi connectivity index (χ2v) is 4.94. The Morgan fingerprint density at radius 2 is 1.81 bits per heavy atom. The van der Waals surface area contributed by atoms with Gasteiger partial charge in [0.2, 0.25) is 0 Å². The third kappa shape index (κ3) is 3.78. The molecule has 1 aliphatic carbocycles. The van der Waals surface area contributed by atoms with Crippen molar-refractivity contribution < 1.29 is 9.90 Å². The van der Waals surface area contributed by atoms with Gasteiger partial charge in [-0.2, -0.15) is 0 Å². The van der Waals surface area contributed by atoms with Gasteiger partial charge in [0.15, 0.2) is 0 Å². The molecule has 1 fully saturated rings. The Kier molecular flexibility index (Phi) is 5.81. The van der Waals surface area contributed by atoms with Crippen molar-refractivity contribution in [3.8, 4) is 0 Å². The molecule has 0 aromatic heterocycles. The number of carboxylic acids is 1. The van der Waals surface area contributed by atoms with Crippen LogP contribution >= 0.6 is 0 Å². The number of nitrogens with one attached hydrogen (secondary N) is 1. The fraction of sp³-hybridized carbons (Fsp3) is 0.923. The molecule has 0 spiro atoms. The molecule has 3 nitrogen and oxygen atoms in total. The maximum Gasteiger partial charge on any atom is 0.323 e. The average molecular weight is 227 g/mol. The zero-order chi connectivity index (χ0) is 11.9. The van der Waals surface area contributed by atoms with Gasteiger partial charge in [0.1, 0.15) is 5.54 Å². The minimum absolute atomic E-state index is 0.566. The lowest BCUT2D eigenvalue weighted by atomic mass is 9.77. The van der Waals surface area contributed by atoms with E-state index in [9.17, 15) is 4.79 Å². The van der Waals surface area contributed by atoms with Crippen LogP contribution in [0.5, 0.6) is 0 Å². The van der Waals surface area contributed by atoms with Crippen molar-refractivity contribution >= 4 is 5.97 Å². The molecule has 0 saturated heterocycles. The van der Waals surface area contributed by atoms with Gasteiger partial charge in [-0.25, -0.2) is 0 Å². The largest absolute Gasteiger partial charge is 0.480 e. The smallest absolute Gasteiger partial charge is 0.323 e. The Morgan fingerprint density at radius 3 is 2.31 bits per heavy atom. The van der Waals surface area contributed by atoms with Crippen LogP contribution in [0.15, 0.2) is 0 Å². The predicted octanol–water partition coefficient (Wildman–Crippen LogP) is 2.94. The van der Waals surface area contributed by atoms with E-state index in [2.05, 4.69) is 12.2 Å². The summed E-state index contributed by atoms with van der Waals surface area (Å²) < 4.78 is 0. The first-order valence-corrected chi connectivity index (χ1v) is 6.70. The molecule has 0 bridgehead atoms. The number of aliphatic carboxylic acids is 1. The summed E-state index contributed by atoms with van der Waals surface area (Å²) in [5, 5.41) is 12.3. The molecule has 0 aliphatic heterocycles. The fourth-order valence-corrected chi connectivity index (χ4v) is 2.23. The van der Waals surface area contributed by atoms with Crippen LogP contribution in [-0.4, -0.2) is 23.2 Å². The van der Waals surface area contributed by atoms with Crippen LogP contribution in [0.2, 0.25) is 0 Å². The molecule has 1 aliphatic rings. The summed E-state index contributed by atoms with van der Waals surface area (Å²) in [4.78, 5) is 11.0. The van der Waals surface area contributed by atoms with E-state index >= 15 is 0 Å². The van der Waals surface area contributed by atoms with Gasteiger partial charge in [0, 0.05) is 0 Å². The van der Waals surface area contributed by atoms with E-state index in [0.29, 0.717) is 0 Å². The Hall–Kier alpha value is -0.570. The maximum absolute atomic E-state index is 11.0. The third-order valence-electron chi connectivity index (χ3n) is 3.61. The highest BCUT2D eigenvalue weighted by molar-refractivity contribution is 5.79. The van der Waals surface area contributed by atoms with Gasteiger partial charge in [0.05, 0.1) is 0 Å². The van der Waals surface area contributed by atoms with Crippen LogP contribution in [-0.2, 0) is 4.79 Å². The van der Waals surface area contributed by atoms with Crippen LogP contribution in [0.25, 0.3) is 0 Å². The zero-order valence-electron chi connectivity index (χ0n) is 10.4. The van der Waals surface area contributed by atoms with Crippen molar-refractivity contribution in [3.05, 3.63) is 0 Å². The summed E-state index contributed by atoms with van der Waals surface area (Å²) in [6, 6.07) is 0. The lowest BCUT2D eigenvalue weighted by Crippen LogP contribution is -2.57. The summed E-state index contributed by atoms with van der Waals surface area (Å²) in [7, 11) is 0. The first kappa shape index (κ1) is 13.5. The quantitative estimate of drug-likeness (QED) is 0.595. The number of carbonyl (C=O) groups is 1. The van der Waals surface area contributed by atoms with Crippen molar-refractivity contribution in [3.63, 3.8) is 0 Å².